The molecule has 0 spiro atoms. The third kappa shape index (κ3) is 4.88. The molecule has 1 unspecified atom stereocenters. The summed E-state index contributed by atoms with van der Waals surface area (Å²) in [6, 6.07) is 7.61. The molecule has 1 N–H and O–H groups in total. The summed E-state index contributed by atoms with van der Waals surface area (Å²) in [5.74, 6) is 0.907. The molecule has 0 amide bonds. The number of nitrogens with one attached hydrogen (secondary N) is 1. The normalized spacial score (nSPS) is 12.5. The molecule has 0 fully saturated rings. The van der Waals surface area contributed by atoms with Crippen molar-refractivity contribution in [3.63, 3.8) is 0 Å². The van der Waals surface area contributed by atoms with Crippen molar-refractivity contribution >= 4 is 5.78 Å². The molecule has 3 heteroatoms. The molecule has 1 atom stereocenters. The average Bonchev–Trinajstić information content (AvgIpc) is 2.28. The quantitative estimate of drug-likeness (QED) is 0.755. The number of carbonyl (C=O) groups is 1. The first-order valence-electron chi connectivity index (χ1n) is 6.56. The zero-order chi connectivity index (χ0) is 13.5. The van der Waals surface area contributed by atoms with Crippen molar-refractivity contribution < 1.29 is 9.53 Å². The Morgan fingerprint density at radius 2 is 2.06 bits per heavy atom. The molecule has 1 aromatic rings. The van der Waals surface area contributed by atoms with Gasteiger partial charge in [-0.05, 0) is 39.4 Å². The fraction of sp³-hybridized carbons (Fsp3) is 0.533. The van der Waals surface area contributed by atoms with E-state index in [1.54, 1.807) is 0 Å². The van der Waals surface area contributed by atoms with Crippen LogP contribution in [0.3, 0.4) is 0 Å². The summed E-state index contributed by atoms with van der Waals surface area (Å²) < 4.78 is 5.59. The van der Waals surface area contributed by atoms with E-state index in [0.29, 0.717) is 6.42 Å². The molecule has 0 aliphatic rings. The van der Waals surface area contributed by atoms with Crippen molar-refractivity contribution in [2.75, 3.05) is 6.54 Å². The molecule has 0 aliphatic carbocycles. The topological polar surface area (TPSA) is 38.3 Å². The molecule has 1 rings (SSSR count). The number of rotatable bonds is 7. The van der Waals surface area contributed by atoms with Gasteiger partial charge in [-0.2, -0.15) is 0 Å². The predicted molar refractivity (Wildman–Crippen MR) is 74.3 cm³/mol. The maximum Gasteiger partial charge on any atom is 0.164 e. The van der Waals surface area contributed by atoms with E-state index >= 15 is 0 Å². The molecule has 0 bridgehead atoms. The molecule has 0 aliphatic heterocycles. The van der Waals surface area contributed by atoms with E-state index in [1.807, 2.05) is 52.0 Å². The Bertz CT molecular complexity index is 388. The van der Waals surface area contributed by atoms with Crippen LogP contribution in [0.1, 0.15) is 44.5 Å². The molecule has 100 valence electrons. The lowest BCUT2D eigenvalue weighted by Gasteiger charge is -2.13. The van der Waals surface area contributed by atoms with Gasteiger partial charge in [0.15, 0.2) is 5.78 Å². The fourth-order valence-electron chi connectivity index (χ4n) is 1.83. The Morgan fingerprint density at radius 3 is 2.67 bits per heavy atom. The molecular weight excluding hydrogens is 226 g/mol. The van der Waals surface area contributed by atoms with Gasteiger partial charge >= 0.3 is 0 Å². The summed E-state index contributed by atoms with van der Waals surface area (Å²) in [4.78, 5) is 12.1. The largest absolute Gasteiger partial charge is 0.491 e. The van der Waals surface area contributed by atoms with Crippen LogP contribution in [0.2, 0.25) is 0 Å². The summed E-state index contributed by atoms with van der Waals surface area (Å²) in [5.41, 5.74) is 0.720. The Hall–Kier alpha value is -1.35. The van der Waals surface area contributed by atoms with Gasteiger partial charge in [-0.1, -0.05) is 19.1 Å². The van der Waals surface area contributed by atoms with Gasteiger partial charge in [-0.25, -0.2) is 0 Å². The minimum Gasteiger partial charge on any atom is -0.491 e. The van der Waals surface area contributed by atoms with E-state index in [9.17, 15) is 4.79 Å². The lowest BCUT2D eigenvalue weighted by atomic mass is 10.0. The second-order valence-electron chi connectivity index (χ2n) is 4.78. The van der Waals surface area contributed by atoms with E-state index in [4.69, 9.17) is 4.74 Å². The minimum absolute atomic E-state index is 0.121. The van der Waals surface area contributed by atoms with E-state index < -0.39 is 0 Å². The number of ether oxygens (including phenoxy) is 1. The van der Waals surface area contributed by atoms with Crippen LogP contribution in [-0.4, -0.2) is 24.5 Å². The van der Waals surface area contributed by atoms with Gasteiger partial charge in [0.05, 0.1) is 6.10 Å². The summed E-state index contributed by atoms with van der Waals surface area (Å²) in [6.07, 6.45) is 0.634. The van der Waals surface area contributed by atoms with Crippen LogP contribution in [-0.2, 0) is 0 Å². The number of benzene rings is 1. The zero-order valence-electron chi connectivity index (χ0n) is 11.7. The third-order valence-electron chi connectivity index (χ3n) is 2.57. The van der Waals surface area contributed by atoms with Crippen LogP contribution in [0.25, 0.3) is 0 Å². The molecule has 0 saturated heterocycles. The van der Waals surface area contributed by atoms with Gasteiger partial charge in [0.2, 0.25) is 0 Å². The third-order valence-corrected chi connectivity index (χ3v) is 2.57. The highest BCUT2D eigenvalue weighted by Gasteiger charge is 2.11. The van der Waals surface area contributed by atoms with Crippen LogP contribution in [0.4, 0.5) is 0 Å². The van der Waals surface area contributed by atoms with Gasteiger partial charge in [-0.3, -0.25) is 4.79 Å². The first kappa shape index (κ1) is 14.7. The highest BCUT2D eigenvalue weighted by molar-refractivity contribution is 5.96. The Kier molecular flexibility index (Phi) is 5.86. The Morgan fingerprint density at radius 1 is 1.33 bits per heavy atom. The van der Waals surface area contributed by atoms with Gasteiger partial charge in [-0.15, -0.1) is 0 Å². The maximum atomic E-state index is 12.1. The van der Waals surface area contributed by atoms with Crippen LogP contribution in [0.15, 0.2) is 24.3 Å². The lowest BCUT2D eigenvalue weighted by Crippen LogP contribution is -2.28. The predicted octanol–water partition coefficient (Wildman–Crippen LogP) is 3.04. The van der Waals surface area contributed by atoms with Crippen LogP contribution in [0, 0.1) is 0 Å². The number of ketones is 1. The Balaban J connectivity index is 2.68. The summed E-state index contributed by atoms with van der Waals surface area (Å²) in [7, 11) is 0. The molecule has 0 aromatic heterocycles. The number of Topliss-reactive ketones (excluding diaryl/α,β-unsaturated/α-hetero) is 1. The second-order valence-corrected chi connectivity index (χ2v) is 4.78. The van der Waals surface area contributed by atoms with Gasteiger partial charge < -0.3 is 10.1 Å². The van der Waals surface area contributed by atoms with Gasteiger partial charge in [0.25, 0.3) is 0 Å². The number of carbonyl (C=O) groups excluding carboxylic acids is 1. The summed E-state index contributed by atoms with van der Waals surface area (Å²) in [6.45, 7) is 8.89. The monoisotopic (exact) mass is 249 g/mol. The fourth-order valence-corrected chi connectivity index (χ4v) is 1.83. The lowest BCUT2D eigenvalue weighted by molar-refractivity contribution is 0.0971. The minimum atomic E-state index is 0.121. The van der Waals surface area contributed by atoms with Crippen LogP contribution in [0.5, 0.6) is 5.75 Å². The Labute approximate surface area is 110 Å². The van der Waals surface area contributed by atoms with E-state index in [2.05, 4.69) is 5.32 Å². The van der Waals surface area contributed by atoms with E-state index in [-0.39, 0.29) is 17.9 Å². The molecule has 0 saturated carbocycles. The molecular formula is C15H23NO2. The van der Waals surface area contributed by atoms with Crippen molar-refractivity contribution in [2.24, 2.45) is 0 Å². The molecule has 18 heavy (non-hydrogen) atoms. The van der Waals surface area contributed by atoms with Crippen molar-refractivity contribution in [2.45, 2.75) is 46.3 Å². The average molecular weight is 249 g/mol. The van der Waals surface area contributed by atoms with Crippen molar-refractivity contribution in [3.8, 4) is 5.75 Å². The molecule has 0 heterocycles. The number of hydrogen-bond donors (Lipinski definition) is 1. The smallest absolute Gasteiger partial charge is 0.164 e. The van der Waals surface area contributed by atoms with Crippen molar-refractivity contribution in [3.05, 3.63) is 29.8 Å². The SMILES string of the molecule is CCNC(C)CC(=O)c1cccc(OC(C)C)c1. The van der Waals surface area contributed by atoms with E-state index in [0.717, 1.165) is 17.9 Å². The van der Waals surface area contributed by atoms with Gasteiger partial charge in [0, 0.05) is 18.0 Å². The van der Waals surface area contributed by atoms with E-state index in [1.165, 1.54) is 0 Å². The van der Waals surface area contributed by atoms with Crippen molar-refractivity contribution in [1.82, 2.24) is 5.32 Å². The molecule has 1 aromatic carbocycles. The zero-order valence-corrected chi connectivity index (χ0v) is 11.7. The maximum absolute atomic E-state index is 12.1. The first-order chi connectivity index (χ1) is 8.52. The van der Waals surface area contributed by atoms with Crippen molar-refractivity contribution in [1.29, 1.82) is 0 Å². The summed E-state index contributed by atoms with van der Waals surface area (Å²) >= 11 is 0. The highest BCUT2D eigenvalue weighted by Crippen LogP contribution is 2.16. The summed E-state index contributed by atoms with van der Waals surface area (Å²) in [5, 5.41) is 3.24. The molecule has 3 nitrogen and oxygen atoms in total. The van der Waals surface area contributed by atoms with Crippen LogP contribution >= 0.6 is 0 Å². The second kappa shape index (κ2) is 7.17. The van der Waals surface area contributed by atoms with Crippen LogP contribution < -0.4 is 10.1 Å². The molecule has 0 radical (unpaired) electrons. The standard InChI is InChI=1S/C15H23NO2/c1-5-16-12(4)9-15(17)13-7-6-8-14(10-13)18-11(2)3/h6-8,10-12,16H,5,9H2,1-4H3. The van der Waals surface area contributed by atoms with Gasteiger partial charge in [0.1, 0.15) is 5.75 Å². The first-order valence-corrected chi connectivity index (χ1v) is 6.56. The number of hydrogen-bond acceptors (Lipinski definition) is 3. The highest BCUT2D eigenvalue weighted by atomic mass is 16.5.